The fourth-order valence-corrected chi connectivity index (χ4v) is 5.18. The van der Waals surface area contributed by atoms with E-state index >= 15 is 0 Å². The van der Waals surface area contributed by atoms with Crippen molar-refractivity contribution in [2.24, 2.45) is 10.9 Å². The maximum absolute atomic E-state index is 12.3. The summed E-state index contributed by atoms with van der Waals surface area (Å²) >= 11 is 1.97. The van der Waals surface area contributed by atoms with Gasteiger partial charge in [0.15, 0.2) is 5.96 Å². The predicted octanol–water partition coefficient (Wildman–Crippen LogP) is 1.52. The number of benzene rings is 1. The summed E-state index contributed by atoms with van der Waals surface area (Å²) in [5, 5.41) is 14.6. The topological polar surface area (TPSA) is 117 Å². The lowest BCUT2D eigenvalue weighted by Crippen LogP contribution is -2.50. The molecule has 28 heavy (non-hydrogen) atoms. The molecule has 1 heterocycles. The summed E-state index contributed by atoms with van der Waals surface area (Å²) in [5.41, 5.74) is -0.260. The van der Waals surface area contributed by atoms with E-state index in [2.05, 4.69) is 33.8 Å². The summed E-state index contributed by atoms with van der Waals surface area (Å²) in [5.74, 6) is 2.36. The van der Waals surface area contributed by atoms with Gasteiger partial charge in [0.2, 0.25) is 10.0 Å². The fourth-order valence-electron chi connectivity index (χ4n) is 2.81. The van der Waals surface area contributed by atoms with Crippen LogP contribution in [0.3, 0.4) is 0 Å². The quantitative estimate of drug-likeness (QED) is 0.222. The van der Waals surface area contributed by atoms with Crippen LogP contribution in [0.5, 0.6) is 0 Å². The smallest absolute Gasteiger partial charge is 0.270 e. The van der Waals surface area contributed by atoms with E-state index in [1.54, 1.807) is 7.05 Å². The largest absolute Gasteiger partial charge is 0.355 e. The normalized spacial score (nSPS) is 18.4. The van der Waals surface area contributed by atoms with Crippen LogP contribution < -0.4 is 10.0 Å². The van der Waals surface area contributed by atoms with Crippen LogP contribution >= 0.6 is 11.8 Å². The number of sulfonamides is 1. The molecule has 0 aromatic heterocycles. The lowest BCUT2D eigenvalue weighted by Gasteiger charge is -2.36. The van der Waals surface area contributed by atoms with Gasteiger partial charge >= 0.3 is 0 Å². The Bertz CT molecular complexity index is 814. The Labute approximate surface area is 170 Å². The molecule has 2 rings (SSSR count). The maximum Gasteiger partial charge on any atom is 0.270 e. The van der Waals surface area contributed by atoms with Crippen molar-refractivity contribution in [3.05, 3.63) is 34.4 Å². The second kappa shape index (κ2) is 10.1. The fraction of sp³-hybridized carbons (Fsp3) is 0.588. The number of rotatable bonds is 7. The van der Waals surface area contributed by atoms with Crippen molar-refractivity contribution < 1.29 is 13.3 Å². The lowest BCUT2D eigenvalue weighted by molar-refractivity contribution is -0.385. The van der Waals surface area contributed by atoms with Crippen molar-refractivity contribution in [1.82, 2.24) is 14.9 Å². The monoisotopic (exact) mass is 429 g/mol. The molecule has 0 spiro atoms. The first-order valence-corrected chi connectivity index (χ1v) is 11.6. The van der Waals surface area contributed by atoms with Crippen molar-refractivity contribution in [2.75, 3.05) is 39.0 Å². The van der Waals surface area contributed by atoms with Gasteiger partial charge in [-0.05, 0) is 12.0 Å². The number of hydrogen-bond donors (Lipinski definition) is 2. The molecule has 1 saturated heterocycles. The van der Waals surface area contributed by atoms with Crippen LogP contribution in [0.4, 0.5) is 5.69 Å². The molecule has 1 atom stereocenters. The zero-order chi connectivity index (χ0) is 20.7. The van der Waals surface area contributed by atoms with E-state index in [-0.39, 0.29) is 17.1 Å². The molecule has 0 aliphatic carbocycles. The molecule has 156 valence electrons. The first-order chi connectivity index (χ1) is 13.2. The van der Waals surface area contributed by atoms with E-state index in [0.29, 0.717) is 17.7 Å². The van der Waals surface area contributed by atoms with E-state index < -0.39 is 14.9 Å². The minimum absolute atomic E-state index is 0.126. The highest BCUT2D eigenvalue weighted by Crippen LogP contribution is 2.24. The van der Waals surface area contributed by atoms with Crippen molar-refractivity contribution in [1.29, 1.82) is 0 Å². The van der Waals surface area contributed by atoms with Gasteiger partial charge in [0.05, 0.1) is 9.82 Å². The zero-order valence-corrected chi connectivity index (χ0v) is 17.9. The van der Waals surface area contributed by atoms with Gasteiger partial charge in [0, 0.05) is 56.4 Å². The second-order valence-corrected chi connectivity index (χ2v) is 9.84. The molecule has 1 aliphatic rings. The molecule has 9 nitrogen and oxygen atoms in total. The Morgan fingerprint density at radius 1 is 1.43 bits per heavy atom. The average Bonchev–Trinajstić information content (AvgIpc) is 2.68. The summed E-state index contributed by atoms with van der Waals surface area (Å²) in [4.78, 5) is 16.6. The van der Waals surface area contributed by atoms with Crippen LogP contribution in [0.25, 0.3) is 0 Å². The number of nitrogens with zero attached hydrogens (tertiary/aromatic N) is 3. The average molecular weight is 430 g/mol. The van der Waals surface area contributed by atoms with Crippen molar-refractivity contribution in [2.45, 2.75) is 24.0 Å². The van der Waals surface area contributed by atoms with Crippen LogP contribution in [0, 0.1) is 16.0 Å². The predicted molar refractivity (Wildman–Crippen MR) is 112 cm³/mol. The third-order valence-electron chi connectivity index (χ3n) is 4.39. The summed E-state index contributed by atoms with van der Waals surface area (Å²) < 4.78 is 27.1. The van der Waals surface area contributed by atoms with Gasteiger partial charge in [0.1, 0.15) is 0 Å². The molecule has 11 heteroatoms. The number of nitro benzene ring substituents is 1. The lowest BCUT2D eigenvalue weighted by atomic mass is 10.1. The molecule has 0 bridgehead atoms. The first-order valence-electron chi connectivity index (χ1n) is 9.06. The summed E-state index contributed by atoms with van der Waals surface area (Å²) in [7, 11) is -2.11. The van der Waals surface area contributed by atoms with Crippen LogP contribution in [0.15, 0.2) is 34.2 Å². The van der Waals surface area contributed by atoms with Crippen LogP contribution in [-0.4, -0.2) is 68.4 Å². The molecule has 1 unspecified atom stereocenters. The third kappa shape index (κ3) is 6.08. The van der Waals surface area contributed by atoms with Gasteiger partial charge in [0.25, 0.3) is 5.69 Å². The number of aliphatic imine (C=N–C) groups is 1. The van der Waals surface area contributed by atoms with Gasteiger partial charge in [-0.15, -0.1) is 0 Å². The van der Waals surface area contributed by atoms with Crippen molar-refractivity contribution >= 4 is 33.4 Å². The van der Waals surface area contributed by atoms with E-state index in [4.69, 9.17) is 0 Å². The molecular formula is C17H27N5O4S2. The minimum Gasteiger partial charge on any atom is -0.355 e. The van der Waals surface area contributed by atoms with Gasteiger partial charge < -0.3 is 10.2 Å². The molecule has 1 aromatic rings. The van der Waals surface area contributed by atoms with E-state index in [0.717, 1.165) is 30.9 Å². The minimum atomic E-state index is -3.82. The Kier molecular flexibility index (Phi) is 8.08. The Morgan fingerprint density at radius 3 is 2.82 bits per heavy atom. The van der Waals surface area contributed by atoms with Crippen molar-refractivity contribution in [3.8, 4) is 0 Å². The third-order valence-corrected chi connectivity index (χ3v) is 7.39. The van der Waals surface area contributed by atoms with Crippen LogP contribution in [-0.2, 0) is 10.0 Å². The summed E-state index contributed by atoms with van der Waals surface area (Å²) in [6, 6.07) is 4.99. The van der Waals surface area contributed by atoms with E-state index in [1.807, 2.05) is 11.8 Å². The molecule has 0 amide bonds. The highest BCUT2D eigenvalue weighted by molar-refractivity contribution is 8.00. The van der Waals surface area contributed by atoms with Crippen LogP contribution in [0.1, 0.15) is 13.8 Å². The number of hydrogen-bond acceptors (Lipinski definition) is 6. The number of guanidine groups is 1. The number of non-ortho nitro benzene ring substituents is 1. The number of thioether (sulfide) groups is 1. The van der Waals surface area contributed by atoms with Crippen LogP contribution in [0.2, 0.25) is 0 Å². The number of nitro groups is 1. The molecule has 0 radical (unpaired) electrons. The first kappa shape index (κ1) is 22.4. The van der Waals surface area contributed by atoms with Gasteiger partial charge in [-0.25, -0.2) is 13.1 Å². The molecule has 2 N–H and O–H groups in total. The molecule has 1 aromatic carbocycles. The SMILES string of the molecule is CN=C(NCCNS(=O)(=O)c1cccc([N+](=O)[O-])c1)N1CCSC(C(C)C)C1. The van der Waals surface area contributed by atoms with Gasteiger partial charge in [-0.1, -0.05) is 19.9 Å². The Morgan fingerprint density at radius 2 is 2.18 bits per heavy atom. The molecule has 1 aliphatic heterocycles. The summed E-state index contributed by atoms with van der Waals surface area (Å²) in [6.45, 7) is 6.71. The molecular weight excluding hydrogens is 402 g/mol. The summed E-state index contributed by atoms with van der Waals surface area (Å²) in [6.07, 6.45) is 0. The Hall–Kier alpha value is -1.85. The zero-order valence-electron chi connectivity index (χ0n) is 16.3. The van der Waals surface area contributed by atoms with E-state index in [1.165, 1.54) is 18.2 Å². The molecule has 0 saturated carbocycles. The van der Waals surface area contributed by atoms with Crippen molar-refractivity contribution in [3.63, 3.8) is 0 Å². The van der Waals surface area contributed by atoms with Gasteiger partial charge in [-0.3, -0.25) is 15.1 Å². The second-order valence-electron chi connectivity index (χ2n) is 6.73. The van der Waals surface area contributed by atoms with Gasteiger partial charge in [-0.2, -0.15) is 11.8 Å². The molecule has 1 fully saturated rings. The highest BCUT2D eigenvalue weighted by Gasteiger charge is 2.25. The maximum atomic E-state index is 12.3. The van der Waals surface area contributed by atoms with E-state index in [9.17, 15) is 18.5 Å². The Balaban J connectivity index is 1.88. The highest BCUT2D eigenvalue weighted by atomic mass is 32.2. The number of nitrogens with one attached hydrogen (secondary N) is 2. The standard InChI is InChI=1S/C17H27N5O4S2/c1-13(2)16-12-21(9-10-27-16)17(18-3)19-7-8-20-28(25,26)15-6-4-5-14(11-15)22(23)24/h4-6,11,13,16,20H,7-10,12H2,1-3H3,(H,18,19).